The van der Waals surface area contributed by atoms with Crippen LogP contribution < -0.4 is 5.56 Å². The van der Waals surface area contributed by atoms with Gasteiger partial charge in [0, 0.05) is 62.7 Å². The Morgan fingerprint density at radius 2 is 1.91 bits per heavy atom. The molecule has 0 spiro atoms. The van der Waals surface area contributed by atoms with Gasteiger partial charge in [-0.3, -0.25) is 19.4 Å². The van der Waals surface area contributed by atoms with Crippen molar-refractivity contribution in [3.05, 3.63) is 82.5 Å². The largest absolute Gasteiger partial charge is 0.396 e. The summed E-state index contributed by atoms with van der Waals surface area (Å²) in [4.78, 5) is 51.2. The molecule has 5 rings (SSSR count). The lowest BCUT2D eigenvalue weighted by molar-refractivity contribution is -0.134. The Morgan fingerprint density at radius 1 is 1.14 bits per heavy atom. The molecule has 0 bridgehead atoms. The van der Waals surface area contributed by atoms with Crippen LogP contribution in [0.2, 0.25) is 0 Å². The minimum atomic E-state index is -0.936. The van der Waals surface area contributed by atoms with E-state index in [1.807, 2.05) is 0 Å². The molecule has 35 heavy (non-hydrogen) atoms. The number of aliphatic hydroxyl groups is 1. The molecule has 0 unspecified atom stereocenters. The molecule has 1 N–H and O–H groups in total. The summed E-state index contributed by atoms with van der Waals surface area (Å²) in [5, 5.41) is 10.3. The Morgan fingerprint density at radius 3 is 2.57 bits per heavy atom. The predicted octanol–water partition coefficient (Wildman–Crippen LogP) is 1.34. The first-order chi connectivity index (χ1) is 16.8. The molecule has 1 aromatic carbocycles. The third kappa shape index (κ3) is 3.52. The Balaban J connectivity index is 1.66. The molecule has 0 saturated carbocycles. The van der Waals surface area contributed by atoms with Crippen LogP contribution in [0, 0.1) is 17.7 Å². The van der Waals surface area contributed by atoms with Crippen molar-refractivity contribution in [2.45, 2.75) is 18.6 Å². The molecule has 180 valence electrons. The fraction of sp³-hybridized carbons (Fsp3) is 0.320. The number of amides is 2. The van der Waals surface area contributed by atoms with Gasteiger partial charge in [0.05, 0.1) is 17.8 Å². The lowest BCUT2D eigenvalue weighted by atomic mass is 9.88. The number of aromatic nitrogens is 3. The van der Waals surface area contributed by atoms with Crippen LogP contribution in [0.15, 0.2) is 59.8 Å². The van der Waals surface area contributed by atoms with Crippen LogP contribution in [0.4, 0.5) is 4.39 Å². The minimum Gasteiger partial charge on any atom is -0.396 e. The van der Waals surface area contributed by atoms with Crippen LogP contribution in [0.25, 0.3) is 11.1 Å². The predicted molar refractivity (Wildman–Crippen MR) is 124 cm³/mol. The monoisotopic (exact) mass is 477 g/mol. The number of likely N-dealkylation sites (N-methyl/N-ethyl adjacent to an activating group) is 1. The van der Waals surface area contributed by atoms with E-state index in [2.05, 4.69) is 9.97 Å². The molecule has 0 aliphatic carbocycles. The van der Waals surface area contributed by atoms with Crippen LogP contribution in [0.3, 0.4) is 0 Å². The number of aliphatic hydroxyl groups excluding tert-OH is 1. The van der Waals surface area contributed by atoms with Crippen molar-refractivity contribution in [2.75, 3.05) is 20.7 Å². The standard InChI is InChI=1S/C25H24FN5O4/c1-29(2)25(35)22-17(13-32)16-12-30-20(21(16)31(22)24(34)19-11-27-9-10-28-19)8-7-15(23(30)33)14-5-3-4-6-18(14)26/h3-11,16-17,21-22,32H,12-13H2,1-2H3/t16-,17-,21+,22-/m1/s1. The third-order valence-electron chi connectivity index (χ3n) is 6.95. The zero-order chi connectivity index (χ0) is 24.9. The molecule has 0 radical (unpaired) electrons. The number of halogens is 1. The van der Waals surface area contributed by atoms with Gasteiger partial charge in [0.25, 0.3) is 11.5 Å². The Hall–Kier alpha value is -3.92. The van der Waals surface area contributed by atoms with Gasteiger partial charge in [-0.1, -0.05) is 18.2 Å². The van der Waals surface area contributed by atoms with E-state index in [-0.39, 0.29) is 41.4 Å². The van der Waals surface area contributed by atoms with Gasteiger partial charge < -0.3 is 19.5 Å². The summed E-state index contributed by atoms with van der Waals surface area (Å²) in [6, 6.07) is 7.72. The molecule has 4 heterocycles. The van der Waals surface area contributed by atoms with Crippen LogP contribution in [-0.2, 0) is 11.3 Å². The lowest BCUT2D eigenvalue weighted by Gasteiger charge is -2.32. The normalized spacial score (nSPS) is 22.6. The van der Waals surface area contributed by atoms with E-state index < -0.39 is 35.6 Å². The maximum Gasteiger partial charge on any atom is 0.275 e. The van der Waals surface area contributed by atoms with Crippen molar-refractivity contribution in [2.24, 2.45) is 11.8 Å². The number of rotatable bonds is 4. The Labute approximate surface area is 200 Å². The van der Waals surface area contributed by atoms with Crippen LogP contribution in [0.5, 0.6) is 0 Å². The Kier molecular flexibility index (Phi) is 5.68. The highest BCUT2D eigenvalue weighted by molar-refractivity contribution is 5.97. The summed E-state index contributed by atoms with van der Waals surface area (Å²) in [6.07, 6.45) is 4.15. The average molecular weight is 477 g/mol. The molecule has 2 amide bonds. The molecular weight excluding hydrogens is 453 g/mol. The molecule has 3 aromatic rings. The minimum absolute atomic E-state index is 0.0603. The molecule has 1 saturated heterocycles. The van der Waals surface area contributed by atoms with E-state index in [4.69, 9.17) is 0 Å². The summed E-state index contributed by atoms with van der Waals surface area (Å²) >= 11 is 0. The number of pyridine rings is 1. The number of hydrogen-bond donors (Lipinski definition) is 1. The maximum absolute atomic E-state index is 14.4. The first kappa shape index (κ1) is 22.9. The molecule has 9 nitrogen and oxygen atoms in total. The first-order valence-corrected chi connectivity index (χ1v) is 11.2. The highest BCUT2D eigenvalue weighted by Crippen LogP contribution is 2.50. The van der Waals surface area contributed by atoms with Crippen molar-refractivity contribution < 1.29 is 19.1 Å². The highest BCUT2D eigenvalue weighted by Gasteiger charge is 2.58. The molecular formula is C25H24FN5O4. The van der Waals surface area contributed by atoms with Crippen molar-refractivity contribution in [1.82, 2.24) is 24.3 Å². The van der Waals surface area contributed by atoms with Gasteiger partial charge in [0.1, 0.15) is 17.6 Å². The fourth-order valence-corrected chi connectivity index (χ4v) is 5.38. The van der Waals surface area contributed by atoms with Crippen LogP contribution >= 0.6 is 0 Å². The van der Waals surface area contributed by atoms with Crippen molar-refractivity contribution >= 4 is 11.8 Å². The van der Waals surface area contributed by atoms with Crippen LogP contribution in [-0.4, -0.2) is 68.0 Å². The van der Waals surface area contributed by atoms with Gasteiger partial charge in [-0.05, 0) is 18.2 Å². The van der Waals surface area contributed by atoms with Gasteiger partial charge in [0.2, 0.25) is 5.91 Å². The summed E-state index contributed by atoms with van der Waals surface area (Å²) in [5.74, 6) is -2.34. The van der Waals surface area contributed by atoms with E-state index >= 15 is 0 Å². The highest BCUT2D eigenvalue weighted by atomic mass is 19.1. The van der Waals surface area contributed by atoms with Crippen LogP contribution in [0.1, 0.15) is 22.2 Å². The zero-order valence-corrected chi connectivity index (χ0v) is 19.2. The number of likely N-dealkylation sites (tertiary alicyclic amines) is 1. The summed E-state index contributed by atoms with van der Waals surface area (Å²) in [6.45, 7) is -0.160. The third-order valence-corrected chi connectivity index (χ3v) is 6.95. The molecule has 10 heteroatoms. The average Bonchev–Trinajstić information content (AvgIpc) is 3.39. The van der Waals surface area contributed by atoms with Gasteiger partial charge in [-0.2, -0.15) is 0 Å². The lowest BCUT2D eigenvalue weighted by Crippen LogP contribution is -2.50. The molecule has 2 aromatic heterocycles. The Bertz CT molecular complexity index is 1360. The van der Waals surface area contributed by atoms with Crippen molar-refractivity contribution in [1.29, 1.82) is 0 Å². The SMILES string of the molecule is CN(C)C(=O)[C@H]1[C@H](CO)[C@H]2Cn3c(ccc(-c4ccccc4F)c3=O)[C@H]2N1C(=O)c1cnccn1. The number of fused-ring (bicyclic) bond motifs is 3. The second-order valence-electron chi connectivity index (χ2n) is 9.00. The number of benzene rings is 1. The molecule has 2 aliphatic heterocycles. The smallest absolute Gasteiger partial charge is 0.275 e. The fourth-order valence-electron chi connectivity index (χ4n) is 5.38. The summed E-state index contributed by atoms with van der Waals surface area (Å²) in [5.41, 5.74) is 0.605. The van der Waals surface area contributed by atoms with E-state index in [1.54, 1.807) is 44.4 Å². The molecule has 2 aliphatic rings. The van der Waals surface area contributed by atoms with E-state index in [1.165, 1.54) is 39.0 Å². The zero-order valence-electron chi connectivity index (χ0n) is 19.2. The summed E-state index contributed by atoms with van der Waals surface area (Å²) < 4.78 is 16.0. The summed E-state index contributed by atoms with van der Waals surface area (Å²) in [7, 11) is 3.18. The number of nitrogens with zero attached hydrogens (tertiary/aromatic N) is 5. The molecule has 1 fully saturated rings. The second-order valence-corrected chi connectivity index (χ2v) is 9.00. The van der Waals surface area contributed by atoms with Crippen molar-refractivity contribution in [3.63, 3.8) is 0 Å². The maximum atomic E-state index is 14.4. The number of carbonyl (C=O) groups excluding carboxylic acids is 2. The number of hydrogen-bond acceptors (Lipinski definition) is 6. The van der Waals surface area contributed by atoms with E-state index in [0.29, 0.717) is 5.69 Å². The van der Waals surface area contributed by atoms with E-state index in [0.717, 1.165) is 0 Å². The van der Waals surface area contributed by atoms with Gasteiger partial charge in [0.15, 0.2) is 0 Å². The van der Waals surface area contributed by atoms with Gasteiger partial charge in [-0.15, -0.1) is 0 Å². The van der Waals surface area contributed by atoms with Gasteiger partial charge in [-0.25, -0.2) is 9.37 Å². The first-order valence-electron chi connectivity index (χ1n) is 11.2. The quantitative estimate of drug-likeness (QED) is 0.608. The number of carbonyl (C=O) groups is 2. The topological polar surface area (TPSA) is 109 Å². The van der Waals surface area contributed by atoms with Crippen molar-refractivity contribution in [3.8, 4) is 11.1 Å². The second kappa shape index (κ2) is 8.70. The van der Waals surface area contributed by atoms with E-state index in [9.17, 15) is 23.9 Å². The molecule has 4 atom stereocenters. The van der Waals surface area contributed by atoms with Gasteiger partial charge >= 0.3 is 0 Å².